The lowest BCUT2D eigenvalue weighted by molar-refractivity contribution is -0.130. The molecule has 2 aromatic rings. The number of piperidine rings is 1. The van der Waals surface area contributed by atoms with Gasteiger partial charge in [0.25, 0.3) is 0 Å². The summed E-state index contributed by atoms with van der Waals surface area (Å²) in [6.07, 6.45) is 1.46. The van der Waals surface area contributed by atoms with Crippen molar-refractivity contribution in [3.63, 3.8) is 0 Å². The van der Waals surface area contributed by atoms with Gasteiger partial charge in [-0.3, -0.25) is 4.79 Å². The highest BCUT2D eigenvalue weighted by molar-refractivity contribution is 7.14. The first-order valence-electron chi connectivity index (χ1n) is 7.85. The molecule has 3 rings (SSSR count). The molecule has 1 fully saturated rings. The van der Waals surface area contributed by atoms with Crippen molar-refractivity contribution in [2.75, 3.05) is 32.1 Å². The molecule has 0 atom stereocenters. The van der Waals surface area contributed by atoms with Crippen LogP contribution in [0.25, 0.3) is 11.3 Å². The van der Waals surface area contributed by atoms with Gasteiger partial charge < -0.3 is 15.4 Å². The zero-order chi connectivity index (χ0) is 17.0. The lowest BCUT2D eigenvalue weighted by Gasteiger charge is -2.35. The van der Waals surface area contributed by atoms with E-state index in [-0.39, 0.29) is 11.7 Å². The lowest BCUT2D eigenvalue weighted by atomic mass is 9.79. The van der Waals surface area contributed by atoms with Gasteiger partial charge in [0, 0.05) is 18.1 Å². The van der Waals surface area contributed by atoms with Gasteiger partial charge in [-0.2, -0.15) is 0 Å². The molecule has 1 aliphatic heterocycles. The number of carbonyl (C=O) groups is 1. The minimum Gasteiger partial charge on any atom is -0.384 e. The van der Waals surface area contributed by atoms with Crippen LogP contribution < -0.4 is 10.6 Å². The maximum Gasteiger partial charge on any atom is 0.234 e. The molecule has 1 saturated heterocycles. The van der Waals surface area contributed by atoms with Gasteiger partial charge in [0.15, 0.2) is 5.13 Å². The van der Waals surface area contributed by atoms with Crippen molar-refractivity contribution in [2.45, 2.75) is 12.8 Å². The molecule has 0 aliphatic carbocycles. The number of nitrogens with one attached hydrogen (secondary N) is 2. The molecule has 1 aromatic carbocycles. The van der Waals surface area contributed by atoms with Crippen molar-refractivity contribution in [3.05, 3.63) is 35.5 Å². The fraction of sp³-hybridized carbons (Fsp3) is 0.412. The minimum absolute atomic E-state index is 0.0639. The molecule has 24 heavy (non-hydrogen) atoms. The molecule has 1 aliphatic rings. The summed E-state index contributed by atoms with van der Waals surface area (Å²) in [4.78, 5) is 17.2. The van der Waals surface area contributed by atoms with Crippen molar-refractivity contribution >= 4 is 22.4 Å². The van der Waals surface area contributed by atoms with Crippen LogP contribution in [0.15, 0.2) is 29.6 Å². The Hall–Kier alpha value is -1.83. The number of benzene rings is 1. The number of thiazole rings is 1. The van der Waals surface area contributed by atoms with Gasteiger partial charge in [0.05, 0.1) is 17.7 Å². The summed E-state index contributed by atoms with van der Waals surface area (Å²) in [6, 6.07) is 6.26. The highest BCUT2D eigenvalue weighted by Gasteiger charge is 2.40. The van der Waals surface area contributed by atoms with Gasteiger partial charge >= 0.3 is 0 Å². The van der Waals surface area contributed by atoms with Crippen molar-refractivity contribution in [2.24, 2.45) is 5.41 Å². The highest BCUT2D eigenvalue weighted by Crippen LogP contribution is 2.32. The van der Waals surface area contributed by atoms with E-state index in [0.29, 0.717) is 23.0 Å². The molecule has 0 unspecified atom stereocenters. The van der Waals surface area contributed by atoms with Crippen LogP contribution in [0.3, 0.4) is 0 Å². The summed E-state index contributed by atoms with van der Waals surface area (Å²) in [5.74, 6) is -0.370. The maximum atomic E-state index is 13.3. The summed E-state index contributed by atoms with van der Waals surface area (Å²) >= 11 is 1.34. The van der Waals surface area contributed by atoms with E-state index >= 15 is 0 Å². The number of hydrogen-bond acceptors (Lipinski definition) is 5. The Bertz CT molecular complexity index is 708. The number of carbonyl (C=O) groups excluding carboxylic acids is 1. The summed E-state index contributed by atoms with van der Waals surface area (Å²) in [7, 11) is 1.61. The Labute approximate surface area is 144 Å². The van der Waals surface area contributed by atoms with E-state index in [9.17, 15) is 9.18 Å². The fourth-order valence-electron chi connectivity index (χ4n) is 2.96. The van der Waals surface area contributed by atoms with E-state index in [0.717, 1.165) is 25.9 Å². The van der Waals surface area contributed by atoms with Crippen LogP contribution in [0.4, 0.5) is 9.52 Å². The van der Waals surface area contributed by atoms with Gasteiger partial charge in [-0.1, -0.05) is 12.1 Å². The molecule has 0 saturated carbocycles. The molecule has 7 heteroatoms. The number of nitrogens with zero attached hydrogens (tertiary/aromatic N) is 1. The smallest absolute Gasteiger partial charge is 0.234 e. The monoisotopic (exact) mass is 349 g/mol. The van der Waals surface area contributed by atoms with Crippen LogP contribution in [0, 0.1) is 11.2 Å². The first kappa shape index (κ1) is 17.0. The predicted molar refractivity (Wildman–Crippen MR) is 92.6 cm³/mol. The number of hydrogen-bond donors (Lipinski definition) is 2. The second-order valence-electron chi connectivity index (χ2n) is 5.97. The molecule has 2 heterocycles. The number of rotatable bonds is 5. The summed E-state index contributed by atoms with van der Waals surface area (Å²) < 4.78 is 18.6. The largest absolute Gasteiger partial charge is 0.384 e. The third-order valence-electron chi connectivity index (χ3n) is 4.31. The van der Waals surface area contributed by atoms with E-state index < -0.39 is 5.41 Å². The summed E-state index contributed by atoms with van der Waals surface area (Å²) in [5, 5.41) is 8.51. The van der Waals surface area contributed by atoms with Crippen LogP contribution in [0.1, 0.15) is 12.8 Å². The summed E-state index contributed by atoms with van der Waals surface area (Å²) in [6.45, 7) is 1.98. The van der Waals surface area contributed by atoms with E-state index in [1.54, 1.807) is 19.2 Å². The van der Waals surface area contributed by atoms with Gasteiger partial charge in [-0.15, -0.1) is 11.3 Å². The average molecular weight is 349 g/mol. The van der Waals surface area contributed by atoms with Crippen LogP contribution in [0.2, 0.25) is 0 Å². The predicted octanol–water partition coefficient (Wildman–Crippen LogP) is 2.90. The first-order valence-corrected chi connectivity index (χ1v) is 8.73. The molecule has 0 spiro atoms. The number of amides is 1. The Balaban J connectivity index is 1.75. The normalized spacial score (nSPS) is 16.8. The minimum atomic E-state index is -0.523. The van der Waals surface area contributed by atoms with E-state index in [4.69, 9.17) is 4.74 Å². The Morgan fingerprint density at radius 3 is 2.96 bits per heavy atom. The molecule has 1 aromatic heterocycles. The van der Waals surface area contributed by atoms with Crippen LogP contribution in [-0.2, 0) is 9.53 Å². The van der Waals surface area contributed by atoms with E-state index in [2.05, 4.69) is 15.6 Å². The number of anilines is 1. The second-order valence-corrected chi connectivity index (χ2v) is 6.82. The zero-order valence-corrected chi connectivity index (χ0v) is 14.3. The molecule has 0 bridgehead atoms. The molecular formula is C17H20FN3O2S. The molecule has 2 N–H and O–H groups in total. The molecule has 1 amide bonds. The fourth-order valence-corrected chi connectivity index (χ4v) is 3.67. The SMILES string of the molecule is COCC1(C(=O)Nc2nc(-c3cccc(F)c3)cs2)CCNCC1. The maximum absolute atomic E-state index is 13.3. The van der Waals surface area contributed by atoms with Gasteiger partial charge in [0.2, 0.25) is 5.91 Å². The molecule has 5 nitrogen and oxygen atoms in total. The number of aromatic nitrogens is 1. The molecular weight excluding hydrogens is 329 g/mol. The van der Waals surface area contributed by atoms with Crippen LogP contribution in [0.5, 0.6) is 0 Å². The highest BCUT2D eigenvalue weighted by atomic mass is 32.1. The van der Waals surface area contributed by atoms with Crippen molar-refractivity contribution in [1.29, 1.82) is 0 Å². The molecule has 0 radical (unpaired) electrons. The molecule has 128 valence electrons. The topological polar surface area (TPSA) is 63.2 Å². The van der Waals surface area contributed by atoms with Crippen LogP contribution in [-0.4, -0.2) is 37.7 Å². The zero-order valence-electron chi connectivity index (χ0n) is 13.5. The van der Waals surface area contributed by atoms with Crippen LogP contribution >= 0.6 is 11.3 Å². The third kappa shape index (κ3) is 3.63. The van der Waals surface area contributed by atoms with Crippen molar-refractivity contribution < 1.29 is 13.9 Å². The van der Waals surface area contributed by atoms with E-state index in [1.165, 1.54) is 23.5 Å². The van der Waals surface area contributed by atoms with Crippen molar-refractivity contribution in [3.8, 4) is 11.3 Å². The standard InChI is InChI=1S/C17H20FN3O2S/c1-23-11-17(5-7-19-8-6-17)15(22)21-16-20-14(10-24-16)12-3-2-4-13(18)9-12/h2-4,9-10,19H,5-8,11H2,1H3,(H,20,21,22). The quantitative estimate of drug-likeness (QED) is 0.871. The van der Waals surface area contributed by atoms with Gasteiger partial charge in [0.1, 0.15) is 5.82 Å². The lowest BCUT2D eigenvalue weighted by Crippen LogP contribution is -2.47. The van der Waals surface area contributed by atoms with Crippen molar-refractivity contribution in [1.82, 2.24) is 10.3 Å². The van der Waals surface area contributed by atoms with E-state index in [1.807, 2.05) is 5.38 Å². The third-order valence-corrected chi connectivity index (χ3v) is 5.07. The average Bonchev–Trinajstić information content (AvgIpc) is 3.04. The summed E-state index contributed by atoms with van der Waals surface area (Å²) in [5.41, 5.74) is 0.825. The second kappa shape index (κ2) is 7.38. The Morgan fingerprint density at radius 2 is 2.25 bits per heavy atom. The Morgan fingerprint density at radius 1 is 1.46 bits per heavy atom. The number of methoxy groups -OCH3 is 1. The first-order chi connectivity index (χ1) is 11.6. The van der Waals surface area contributed by atoms with Gasteiger partial charge in [-0.25, -0.2) is 9.37 Å². The Kier molecular flexibility index (Phi) is 5.23. The number of halogens is 1. The number of ether oxygens (including phenoxy) is 1. The van der Waals surface area contributed by atoms with Gasteiger partial charge in [-0.05, 0) is 38.1 Å².